The lowest BCUT2D eigenvalue weighted by molar-refractivity contribution is -0.134. The van der Waals surface area contributed by atoms with Crippen molar-refractivity contribution < 1.29 is 22.1 Å². The van der Waals surface area contributed by atoms with E-state index < -0.39 is 10.1 Å². The molecule has 1 rings (SSSR count). The molecule has 7 heteroatoms. The van der Waals surface area contributed by atoms with Gasteiger partial charge in [0.15, 0.2) is 11.5 Å². The van der Waals surface area contributed by atoms with Gasteiger partial charge < -0.3 is 13.8 Å². The quantitative estimate of drug-likeness (QED) is 0.669. The Bertz CT molecular complexity index is 668. The van der Waals surface area contributed by atoms with Crippen molar-refractivity contribution in [3.05, 3.63) is 23.8 Å². The zero-order chi connectivity index (χ0) is 18.5. The summed E-state index contributed by atoms with van der Waals surface area (Å²) in [6, 6.07) is 5.07. The topological polar surface area (TPSA) is 72.9 Å². The Morgan fingerprint density at radius 3 is 2.25 bits per heavy atom. The summed E-state index contributed by atoms with van der Waals surface area (Å²) in [5, 5.41) is 0. The van der Waals surface area contributed by atoms with Gasteiger partial charge in [0.25, 0.3) is 0 Å². The number of nitrogens with zero attached hydrogens (tertiary/aromatic N) is 1. The van der Waals surface area contributed by atoms with Gasteiger partial charge in [-0.15, -0.1) is 0 Å². The molecule has 0 N–H and O–H groups in total. The molecule has 0 aliphatic rings. The van der Waals surface area contributed by atoms with Crippen molar-refractivity contribution in [2.45, 2.75) is 46.7 Å². The molecular formula is C17H27NO5S. The Morgan fingerprint density at radius 1 is 1.17 bits per heavy atom. The second kappa shape index (κ2) is 8.37. The molecule has 0 unspecified atom stereocenters. The first-order valence-electron chi connectivity index (χ1n) is 7.89. The van der Waals surface area contributed by atoms with Gasteiger partial charge in [0.2, 0.25) is 5.91 Å². The van der Waals surface area contributed by atoms with E-state index in [1.807, 2.05) is 27.7 Å². The van der Waals surface area contributed by atoms with Gasteiger partial charge in [-0.3, -0.25) is 4.79 Å². The minimum atomic E-state index is -3.66. The first-order chi connectivity index (χ1) is 11.0. The van der Waals surface area contributed by atoms with E-state index in [0.717, 1.165) is 11.8 Å². The Morgan fingerprint density at radius 2 is 1.79 bits per heavy atom. The van der Waals surface area contributed by atoms with Gasteiger partial charge in [-0.1, -0.05) is 19.9 Å². The highest BCUT2D eigenvalue weighted by Gasteiger charge is 2.19. The Labute approximate surface area is 144 Å². The van der Waals surface area contributed by atoms with Crippen molar-refractivity contribution in [2.24, 2.45) is 5.92 Å². The van der Waals surface area contributed by atoms with Gasteiger partial charge >= 0.3 is 10.1 Å². The van der Waals surface area contributed by atoms with Gasteiger partial charge in [-0.05, 0) is 37.5 Å². The van der Waals surface area contributed by atoms with E-state index in [9.17, 15) is 13.2 Å². The van der Waals surface area contributed by atoms with Gasteiger partial charge in [-0.2, -0.15) is 8.42 Å². The molecule has 1 amide bonds. The van der Waals surface area contributed by atoms with Crippen LogP contribution in [-0.2, 0) is 21.5 Å². The maximum atomic E-state index is 12.4. The van der Waals surface area contributed by atoms with E-state index in [2.05, 4.69) is 0 Å². The zero-order valence-electron chi connectivity index (χ0n) is 15.2. The molecule has 1 aromatic carbocycles. The number of amides is 1. The summed E-state index contributed by atoms with van der Waals surface area (Å²) < 4.78 is 32.9. The number of hydrogen-bond donors (Lipinski definition) is 0. The van der Waals surface area contributed by atoms with Gasteiger partial charge in [0, 0.05) is 19.0 Å². The number of rotatable bonds is 8. The largest absolute Gasteiger partial charge is 0.493 e. The predicted octanol–water partition coefficient (Wildman–Crippen LogP) is 2.82. The average Bonchev–Trinajstić information content (AvgIpc) is 2.42. The molecule has 0 aliphatic carbocycles. The Kier molecular flexibility index (Phi) is 7.08. The summed E-state index contributed by atoms with van der Waals surface area (Å²) in [5.41, 5.74) is 0.778. The third-order valence-electron chi connectivity index (χ3n) is 3.35. The maximum absolute atomic E-state index is 12.4. The molecule has 0 atom stereocenters. The van der Waals surface area contributed by atoms with Crippen LogP contribution >= 0.6 is 0 Å². The normalized spacial score (nSPS) is 11.7. The minimum Gasteiger partial charge on any atom is -0.493 e. The van der Waals surface area contributed by atoms with Crippen LogP contribution in [0.25, 0.3) is 0 Å². The van der Waals surface area contributed by atoms with E-state index in [0.29, 0.717) is 18.7 Å². The van der Waals surface area contributed by atoms with Crippen LogP contribution in [0.1, 0.15) is 39.7 Å². The van der Waals surface area contributed by atoms with Gasteiger partial charge in [-0.25, -0.2) is 0 Å². The van der Waals surface area contributed by atoms with Crippen LogP contribution in [0, 0.1) is 5.92 Å². The molecule has 0 saturated heterocycles. The Balaban J connectivity index is 3.07. The van der Waals surface area contributed by atoms with Crippen molar-refractivity contribution in [3.63, 3.8) is 0 Å². The van der Waals surface area contributed by atoms with Crippen LogP contribution in [0.3, 0.4) is 0 Å². The summed E-state index contributed by atoms with van der Waals surface area (Å²) >= 11 is 0. The highest BCUT2D eigenvalue weighted by molar-refractivity contribution is 7.86. The molecule has 1 aromatic rings. The number of methoxy groups -OCH3 is 1. The SMILES string of the molecule is COc1ccc(CN(C(=O)CC(C)C)C(C)C)cc1OS(C)(=O)=O. The first kappa shape index (κ1) is 20.3. The molecule has 0 aromatic heterocycles. The van der Waals surface area contributed by atoms with E-state index in [1.165, 1.54) is 7.11 Å². The van der Waals surface area contributed by atoms with Gasteiger partial charge in [0.05, 0.1) is 13.4 Å². The van der Waals surface area contributed by atoms with Crippen LogP contribution in [0.4, 0.5) is 0 Å². The summed E-state index contributed by atoms with van der Waals surface area (Å²) in [4.78, 5) is 14.2. The average molecular weight is 357 g/mol. The van der Waals surface area contributed by atoms with Crippen molar-refractivity contribution in [2.75, 3.05) is 13.4 Å². The molecule has 0 heterocycles. The van der Waals surface area contributed by atoms with Crippen LogP contribution < -0.4 is 8.92 Å². The molecule has 0 fully saturated rings. The first-order valence-corrected chi connectivity index (χ1v) is 9.71. The van der Waals surface area contributed by atoms with Crippen molar-refractivity contribution >= 4 is 16.0 Å². The number of benzene rings is 1. The minimum absolute atomic E-state index is 0.0395. The highest BCUT2D eigenvalue weighted by Crippen LogP contribution is 2.30. The predicted molar refractivity (Wildman–Crippen MR) is 93.6 cm³/mol. The fourth-order valence-corrected chi connectivity index (χ4v) is 2.73. The second-order valence-corrected chi connectivity index (χ2v) is 8.06. The lowest BCUT2D eigenvalue weighted by Gasteiger charge is -2.28. The van der Waals surface area contributed by atoms with Gasteiger partial charge in [0.1, 0.15) is 0 Å². The molecule has 6 nitrogen and oxygen atoms in total. The molecule has 136 valence electrons. The van der Waals surface area contributed by atoms with E-state index in [4.69, 9.17) is 8.92 Å². The molecule has 0 bridgehead atoms. The summed E-state index contributed by atoms with van der Waals surface area (Å²) in [7, 11) is -2.22. The molecular weight excluding hydrogens is 330 g/mol. The summed E-state index contributed by atoms with van der Waals surface area (Å²) in [5.74, 6) is 0.798. The molecule has 0 radical (unpaired) electrons. The fraction of sp³-hybridized carbons (Fsp3) is 0.588. The number of carbonyl (C=O) groups is 1. The Hall–Kier alpha value is -1.76. The van der Waals surface area contributed by atoms with Crippen molar-refractivity contribution in [3.8, 4) is 11.5 Å². The van der Waals surface area contributed by atoms with Crippen LogP contribution in [0.2, 0.25) is 0 Å². The van der Waals surface area contributed by atoms with E-state index >= 15 is 0 Å². The summed E-state index contributed by atoms with van der Waals surface area (Å²) in [6.45, 7) is 8.29. The van der Waals surface area contributed by atoms with Crippen molar-refractivity contribution in [1.82, 2.24) is 4.90 Å². The van der Waals surface area contributed by atoms with Crippen LogP contribution in [-0.4, -0.2) is 38.6 Å². The highest BCUT2D eigenvalue weighted by atomic mass is 32.2. The molecule has 0 aliphatic heterocycles. The fourth-order valence-electron chi connectivity index (χ4n) is 2.27. The smallest absolute Gasteiger partial charge is 0.306 e. The van der Waals surface area contributed by atoms with Crippen LogP contribution in [0.15, 0.2) is 18.2 Å². The standard InChI is InChI=1S/C17H27NO5S/c1-12(2)9-17(19)18(13(3)4)11-14-7-8-15(22-5)16(10-14)23-24(6,20)21/h7-8,10,12-13H,9,11H2,1-6H3. The maximum Gasteiger partial charge on any atom is 0.306 e. The number of hydrogen-bond acceptors (Lipinski definition) is 5. The monoisotopic (exact) mass is 357 g/mol. The lowest BCUT2D eigenvalue weighted by atomic mass is 10.1. The third-order valence-corrected chi connectivity index (χ3v) is 3.83. The van der Waals surface area contributed by atoms with E-state index in [1.54, 1.807) is 23.1 Å². The van der Waals surface area contributed by atoms with Crippen LogP contribution in [0.5, 0.6) is 11.5 Å². The number of ether oxygens (including phenoxy) is 1. The second-order valence-electron chi connectivity index (χ2n) is 6.49. The summed E-state index contributed by atoms with van der Waals surface area (Å²) in [6.07, 6.45) is 1.45. The van der Waals surface area contributed by atoms with Crippen molar-refractivity contribution in [1.29, 1.82) is 0 Å². The molecule has 0 saturated carbocycles. The third kappa shape index (κ3) is 6.39. The van der Waals surface area contributed by atoms with E-state index in [-0.39, 0.29) is 23.6 Å². The molecule has 0 spiro atoms. The molecule has 24 heavy (non-hydrogen) atoms. The lowest BCUT2D eigenvalue weighted by Crippen LogP contribution is -2.36. The number of carbonyl (C=O) groups excluding carboxylic acids is 1. The zero-order valence-corrected chi connectivity index (χ0v) is 16.0.